The van der Waals surface area contributed by atoms with Gasteiger partial charge in [-0.05, 0) is 66.4 Å². The second-order valence-corrected chi connectivity index (χ2v) is 8.13. The fraction of sp³-hybridized carbons (Fsp3) is 0.200. The third-order valence-electron chi connectivity index (χ3n) is 5.89. The first-order chi connectivity index (χ1) is 16.1. The van der Waals surface area contributed by atoms with E-state index in [9.17, 15) is 9.18 Å². The molecule has 1 aliphatic rings. The van der Waals surface area contributed by atoms with Gasteiger partial charge in [0.25, 0.3) is 5.91 Å². The number of hydrogen-bond donors (Lipinski definition) is 1. The van der Waals surface area contributed by atoms with Gasteiger partial charge in [-0.1, -0.05) is 23.4 Å². The molecule has 0 unspecified atom stereocenters. The number of fused-ring (bicyclic) bond motifs is 1. The van der Waals surface area contributed by atoms with E-state index >= 15 is 0 Å². The molecule has 5 rings (SSSR count). The molecule has 0 saturated heterocycles. The highest BCUT2D eigenvalue weighted by atomic mass is 19.1. The van der Waals surface area contributed by atoms with Crippen LogP contribution in [0.5, 0.6) is 0 Å². The van der Waals surface area contributed by atoms with Crippen LogP contribution in [0.25, 0.3) is 5.69 Å². The summed E-state index contributed by atoms with van der Waals surface area (Å²) in [6.45, 7) is 4.44. The van der Waals surface area contributed by atoms with E-state index in [1.165, 1.54) is 41.0 Å². The van der Waals surface area contributed by atoms with Crippen molar-refractivity contribution in [2.24, 2.45) is 0 Å². The fourth-order valence-corrected chi connectivity index (χ4v) is 4.22. The minimum absolute atomic E-state index is 0.242. The van der Waals surface area contributed by atoms with Crippen LogP contribution in [0.3, 0.4) is 0 Å². The van der Waals surface area contributed by atoms with E-state index in [1.807, 2.05) is 31.3 Å². The summed E-state index contributed by atoms with van der Waals surface area (Å²) in [6, 6.07) is 15.8. The van der Waals surface area contributed by atoms with Crippen LogP contribution in [0.4, 0.5) is 10.1 Å². The molecule has 0 bridgehead atoms. The van der Waals surface area contributed by atoms with Crippen molar-refractivity contribution in [2.45, 2.75) is 26.4 Å². The number of rotatable bonds is 5. The molecule has 33 heavy (non-hydrogen) atoms. The monoisotopic (exact) mass is 442 g/mol. The SMILES string of the molecule is Cc1c(C(=O)Nc2ccc(F)cc2)nnn1-c1cccc2c1CCN(Cc1cccnc1)C2. The normalized spacial score (nSPS) is 13.5. The molecule has 0 atom stereocenters. The molecule has 7 nitrogen and oxygen atoms in total. The molecule has 0 spiro atoms. The Bertz CT molecular complexity index is 1290. The van der Waals surface area contributed by atoms with Gasteiger partial charge < -0.3 is 5.32 Å². The molecule has 2 aromatic heterocycles. The van der Waals surface area contributed by atoms with Gasteiger partial charge in [0.1, 0.15) is 5.82 Å². The second-order valence-electron chi connectivity index (χ2n) is 8.13. The summed E-state index contributed by atoms with van der Waals surface area (Å²) in [5, 5.41) is 11.2. The van der Waals surface area contributed by atoms with Crippen LogP contribution >= 0.6 is 0 Å². The molecular formula is C25H23FN6O. The predicted molar refractivity (Wildman–Crippen MR) is 123 cm³/mol. The molecule has 1 N–H and O–H groups in total. The quantitative estimate of drug-likeness (QED) is 0.507. The Morgan fingerprint density at radius 1 is 1.12 bits per heavy atom. The Hall–Kier alpha value is -3.91. The minimum Gasteiger partial charge on any atom is -0.321 e. The number of carbonyl (C=O) groups excluding carboxylic acids is 1. The van der Waals surface area contributed by atoms with Crippen molar-refractivity contribution in [1.82, 2.24) is 24.9 Å². The number of nitrogens with one attached hydrogen (secondary N) is 1. The van der Waals surface area contributed by atoms with E-state index in [1.54, 1.807) is 10.9 Å². The molecule has 8 heteroatoms. The average Bonchev–Trinajstić information content (AvgIpc) is 3.22. The van der Waals surface area contributed by atoms with Gasteiger partial charge in [-0.2, -0.15) is 0 Å². The van der Waals surface area contributed by atoms with Crippen LogP contribution in [-0.2, 0) is 19.5 Å². The summed E-state index contributed by atoms with van der Waals surface area (Å²) >= 11 is 0. The summed E-state index contributed by atoms with van der Waals surface area (Å²) in [5.74, 6) is -0.735. The molecule has 0 aliphatic carbocycles. The van der Waals surface area contributed by atoms with E-state index in [2.05, 4.69) is 37.6 Å². The van der Waals surface area contributed by atoms with Crippen molar-refractivity contribution < 1.29 is 9.18 Å². The first kappa shape index (κ1) is 21.0. The Labute approximate surface area is 190 Å². The van der Waals surface area contributed by atoms with E-state index in [0.717, 1.165) is 31.7 Å². The lowest BCUT2D eigenvalue weighted by Crippen LogP contribution is -2.31. The Balaban J connectivity index is 1.37. The molecule has 1 amide bonds. The number of pyridine rings is 1. The van der Waals surface area contributed by atoms with Crippen molar-refractivity contribution in [3.8, 4) is 5.69 Å². The largest absolute Gasteiger partial charge is 0.321 e. The summed E-state index contributed by atoms with van der Waals surface area (Å²) in [6.07, 6.45) is 4.57. The minimum atomic E-state index is -0.377. The number of nitrogens with zero attached hydrogens (tertiary/aromatic N) is 5. The van der Waals surface area contributed by atoms with Gasteiger partial charge in [0, 0.05) is 37.7 Å². The molecule has 0 fully saturated rings. The Morgan fingerprint density at radius 3 is 2.76 bits per heavy atom. The van der Waals surface area contributed by atoms with Crippen molar-refractivity contribution in [2.75, 3.05) is 11.9 Å². The third-order valence-corrected chi connectivity index (χ3v) is 5.89. The van der Waals surface area contributed by atoms with Gasteiger partial charge in [0.2, 0.25) is 0 Å². The van der Waals surface area contributed by atoms with Crippen molar-refractivity contribution in [3.05, 3.63) is 101 Å². The highest BCUT2D eigenvalue weighted by molar-refractivity contribution is 6.03. The van der Waals surface area contributed by atoms with Crippen LogP contribution in [0.1, 0.15) is 32.9 Å². The molecule has 1 aliphatic heterocycles. The smallest absolute Gasteiger partial charge is 0.278 e. The number of halogens is 1. The second kappa shape index (κ2) is 8.91. The van der Waals surface area contributed by atoms with E-state index < -0.39 is 0 Å². The van der Waals surface area contributed by atoms with Crippen LogP contribution in [0, 0.1) is 12.7 Å². The van der Waals surface area contributed by atoms with Crippen molar-refractivity contribution in [1.29, 1.82) is 0 Å². The average molecular weight is 442 g/mol. The van der Waals surface area contributed by atoms with Gasteiger partial charge in [0.05, 0.1) is 11.4 Å². The highest BCUT2D eigenvalue weighted by Gasteiger charge is 2.23. The number of aromatic nitrogens is 4. The Kier molecular flexibility index (Phi) is 5.66. The highest BCUT2D eigenvalue weighted by Crippen LogP contribution is 2.27. The molecule has 4 aromatic rings. The van der Waals surface area contributed by atoms with Crippen LogP contribution < -0.4 is 5.32 Å². The third kappa shape index (κ3) is 4.38. The van der Waals surface area contributed by atoms with Crippen LogP contribution in [0.15, 0.2) is 67.0 Å². The number of benzene rings is 2. The number of carbonyl (C=O) groups is 1. The summed E-state index contributed by atoms with van der Waals surface area (Å²) in [4.78, 5) is 19.3. The molecule has 0 saturated carbocycles. The van der Waals surface area contributed by atoms with Gasteiger partial charge in [-0.15, -0.1) is 5.10 Å². The summed E-state index contributed by atoms with van der Waals surface area (Å²) < 4.78 is 14.9. The number of anilines is 1. The summed E-state index contributed by atoms with van der Waals surface area (Å²) in [5.41, 5.74) is 6.00. The van der Waals surface area contributed by atoms with E-state index in [0.29, 0.717) is 11.4 Å². The maximum Gasteiger partial charge on any atom is 0.278 e. The molecular weight excluding hydrogens is 419 g/mol. The maximum atomic E-state index is 13.1. The molecule has 2 aromatic carbocycles. The van der Waals surface area contributed by atoms with E-state index in [-0.39, 0.29) is 17.4 Å². The van der Waals surface area contributed by atoms with Gasteiger partial charge in [-0.25, -0.2) is 9.07 Å². The predicted octanol–water partition coefficient (Wildman–Crippen LogP) is 3.92. The zero-order valence-electron chi connectivity index (χ0n) is 18.2. The molecule has 166 valence electrons. The first-order valence-corrected chi connectivity index (χ1v) is 10.8. The topological polar surface area (TPSA) is 75.9 Å². The molecule has 3 heterocycles. The zero-order valence-corrected chi connectivity index (χ0v) is 18.2. The van der Waals surface area contributed by atoms with E-state index in [4.69, 9.17) is 0 Å². The van der Waals surface area contributed by atoms with Crippen LogP contribution in [-0.4, -0.2) is 37.3 Å². The first-order valence-electron chi connectivity index (χ1n) is 10.8. The maximum absolute atomic E-state index is 13.1. The van der Waals surface area contributed by atoms with Gasteiger partial charge >= 0.3 is 0 Å². The van der Waals surface area contributed by atoms with Crippen molar-refractivity contribution in [3.63, 3.8) is 0 Å². The lowest BCUT2D eigenvalue weighted by molar-refractivity contribution is 0.102. The summed E-state index contributed by atoms with van der Waals surface area (Å²) in [7, 11) is 0. The number of hydrogen-bond acceptors (Lipinski definition) is 5. The lowest BCUT2D eigenvalue weighted by Gasteiger charge is -2.30. The fourth-order valence-electron chi connectivity index (χ4n) is 4.22. The molecule has 0 radical (unpaired) electrons. The number of amides is 1. The van der Waals surface area contributed by atoms with Crippen LogP contribution in [0.2, 0.25) is 0 Å². The van der Waals surface area contributed by atoms with Gasteiger partial charge in [-0.3, -0.25) is 14.7 Å². The Morgan fingerprint density at radius 2 is 1.97 bits per heavy atom. The van der Waals surface area contributed by atoms with Gasteiger partial charge in [0.15, 0.2) is 5.69 Å². The standard InChI is InChI=1S/C25H23FN6O/c1-17-24(25(33)28-21-9-7-20(26)8-10-21)29-30-32(17)23-6-2-5-19-16-31(13-11-22(19)23)15-18-4-3-12-27-14-18/h2-10,12,14H,11,13,15-16H2,1H3,(H,28,33). The zero-order chi connectivity index (χ0) is 22.8. The lowest BCUT2D eigenvalue weighted by atomic mass is 9.97. The van der Waals surface area contributed by atoms with Crippen molar-refractivity contribution >= 4 is 11.6 Å².